The van der Waals surface area contributed by atoms with Crippen LogP contribution in [0.2, 0.25) is 0 Å². The van der Waals surface area contributed by atoms with E-state index < -0.39 is 0 Å². The van der Waals surface area contributed by atoms with Gasteiger partial charge in [-0.15, -0.1) is 12.6 Å². The molecule has 1 saturated heterocycles. The summed E-state index contributed by atoms with van der Waals surface area (Å²) in [6, 6.07) is 7.22. The van der Waals surface area contributed by atoms with Gasteiger partial charge in [0.1, 0.15) is 0 Å². The average molecular weight is 285 g/mol. The number of amides is 2. The number of rotatable bonds is 1. The Morgan fingerprint density at radius 1 is 0.900 bits per heavy atom. The van der Waals surface area contributed by atoms with E-state index in [1.165, 1.54) is 4.90 Å². The van der Waals surface area contributed by atoms with Gasteiger partial charge in [0.05, 0.1) is 17.5 Å². The van der Waals surface area contributed by atoms with E-state index in [1.54, 1.807) is 12.1 Å². The molecule has 1 aromatic carbocycles. The summed E-state index contributed by atoms with van der Waals surface area (Å²) in [6.45, 7) is 0. The molecule has 1 heterocycles. The Morgan fingerprint density at radius 2 is 1.40 bits per heavy atom. The number of carbonyl (C=O) groups is 2. The first-order valence-corrected chi connectivity index (χ1v) is 7.47. The molecule has 0 radical (unpaired) electrons. The van der Waals surface area contributed by atoms with Gasteiger partial charge in [0.15, 0.2) is 0 Å². The molecular formula is C16H15NO2S. The number of benzene rings is 1. The van der Waals surface area contributed by atoms with Crippen molar-refractivity contribution >= 4 is 30.1 Å². The van der Waals surface area contributed by atoms with Crippen molar-refractivity contribution in [2.24, 2.45) is 23.7 Å². The molecule has 5 rings (SSSR count). The van der Waals surface area contributed by atoms with E-state index in [0.29, 0.717) is 5.69 Å². The maximum Gasteiger partial charge on any atom is 0.238 e. The zero-order chi connectivity index (χ0) is 13.9. The molecule has 0 spiro atoms. The summed E-state index contributed by atoms with van der Waals surface area (Å²) in [6.07, 6.45) is 6.34. The molecule has 1 aromatic rings. The van der Waals surface area contributed by atoms with Crippen molar-refractivity contribution in [1.82, 2.24) is 0 Å². The number of imide groups is 1. The number of thiol groups is 1. The third-order valence-corrected chi connectivity index (χ3v) is 5.17. The van der Waals surface area contributed by atoms with E-state index in [1.807, 2.05) is 12.1 Å². The Kier molecular flexibility index (Phi) is 2.58. The zero-order valence-corrected chi connectivity index (χ0v) is 11.8. The Labute approximate surface area is 123 Å². The lowest BCUT2D eigenvalue weighted by atomic mass is 9.63. The van der Waals surface area contributed by atoms with Crippen molar-refractivity contribution in [3.05, 3.63) is 36.4 Å². The SMILES string of the molecule is O=C1C2C3C=CC(CC3)C2C(=O)N1c1ccc(S)cc1. The number of allylic oxidation sites excluding steroid dienone is 2. The first kappa shape index (κ1) is 12.2. The molecule has 4 heteroatoms. The summed E-state index contributed by atoms with van der Waals surface area (Å²) in [5.74, 6) is 0.173. The van der Waals surface area contributed by atoms with Crippen LogP contribution in [0.1, 0.15) is 12.8 Å². The van der Waals surface area contributed by atoms with E-state index in [-0.39, 0.29) is 35.5 Å². The molecule has 102 valence electrons. The molecule has 4 unspecified atom stereocenters. The van der Waals surface area contributed by atoms with Crippen LogP contribution < -0.4 is 4.90 Å². The van der Waals surface area contributed by atoms with Gasteiger partial charge in [0.2, 0.25) is 11.8 Å². The van der Waals surface area contributed by atoms with Crippen molar-refractivity contribution in [2.45, 2.75) is 17.7 Å². The Balaban J connectivity index is 1.75. The Hall–Kier alpha value is -1.55. The predicted octanol–water partition coefficient (Wildman–Crippen LogP) is 2.68. The molecular weight excluding hydrogens is 270 g/mol. The highest BCUT2D eigenvalue weighted by Crippen LogP contribution is 2.50. The van der Waals surface area contributed by atoms with Crippen LogP contribution in [0.15, 0.2) is 41.3 Å². The molecule has 20 heavy (non-hydrogen) atoms. The van der Waals surface area contributed by atoms with Crippen LogP contribution in [0.5, 0.6) is 0 Å². The molecule has 4 aliphatic rings. The summed E-state index contributed by atoms with van der Waals surface area (Å²) in [7, 11) is 0. The number of hydrogen-bond donors (Lipinski definition) is 1. The number of nitrogens with zero attached hydrogens (tertiary/aromatic N) is 1. The second-order valence-electron chi connectivity index (χ2n) is 5.87. The van der Waals surface area contributed by atoms with Crippen molar-refractivity contribution < 1.29 is 9.59 Å². The van der Waals surface area contributed by atoms with E-state index >= 15 is 0 Å². The number of carbonyl (C=O) groups excluding carboxylic acids is 2. The molecule has 0 aromatic heterocycles. The highest BCUT2D eigenvalue weighted by Gasteiger charge is 2.56. The second-order valence-corrected chi connectivity index (χ2v) is 6.39. The van der Waals surface area contributed by atoms with Crippen molar-refractivity contribution in [3.8, 4) is 0 Å². The van der Waals surface area contributed by atoms with E-state index in [4.69, 9.17) is 0 Å². The van der Waals surface area contributed by atoms with Crippen LogP contribution in [0.3, 0.4) is 0 Å². The Morgan fingerprint density at radius 3 is 1.85 bits per heavy atom. The highest BCUT2D eigenvalue weighted by atomic mass is 32.1. The minimum absolute atomic E-state index is 0.0223. The molecule has 3 aliphatic carbocycles. The van der Waals surface area contributed by atoms with E-state index in [0.717, 1.165) is 17.7 Å². The number of hydrogen-bond acceptors (Lipinski definition) is 3. The first-order valence-electron chi connectivity index (χ1n) is 7.02. The average Bonchev–Trinajstić information content (AvgIpc) is 2.76. The molecule has 3 nitrogen and oxygen atoms in total. The Bertz CT molecular complexity index is 590. The maximum atomic E-state index is 12.7. The molecule has 0 N–H and O–H groups in total. The summed E-state index contributed by atoms with van der Waals surface area (Å²) in [5.41, 5.74) is 0.673. The van der Waals surface area contributed by atoms with Crippen LogP contribution in [0.25, 0.3) is 0 Å². The third-order valence-electron chi connectivity index (χ3n) is 4.87. The fourth-order valence-electron chi connectivity index (χ4n) is 3.93. The smallest absolute Gasteiger partial charge is 0.238 e. The largest absolute Gasteiger partial charge is 0.274 e. The molecule has 2 amide bonds. The summed E-state index contributed by atoms with van der Waals surface area (Å²) < 4.78 is 0. The van der Waals surface area contributed by atoms with E-state index in [9.17, 15) is 9.59 Å². The van der Waals surface area contributed by atoms with Crippen LogP contribution in [-0.4, -0.2) is 11.8 Å². The van der Waals surface area contributed by atoms with Crippen LogP contribution in [0.4, 0.5) is 5.69 Å². The van der Waals surface area contributed by atoms with E-state index in [2.05, 4.69) is 24.8 Å². The van der Waals surface area contributed by atoms with Crippen LogP contribution in [-0.2, 0) is 9.59 Å². The fraction of sp³-hybridized carbons (Fsp3) is 0.375. The lowest BCUT2D eigenvalue weighted by Gasteiger charge is -2.38. The summed E-state index contributed by atoms with van der Waals surface area (Å²) in [4.78, 5) is 27.6. The molecule has 2 fully saturated rings. The van der Waals surface area contributed by atoms with Crippen LogP contribution >= 0.6 is 12.6 Å². The van der Waals surface area contributed by atoms with Crippen molar-refractivity contribution in [2.75, 3.05) is 4.90 Å². The van der Waals surface area contributed by atoms with Gasteiger partial charge in [0, 0.05) is 4.90 Å². The van der Waals surface area contributed by atoms with Gasteiger partial charge in [-0.2, -0.15) is 0 Å². The molecule has 1 saturated carbocycles. The number of fused-ring (bicyclic) bond motifs is 1. The fourth-order valence-corrected chi connectivity index (χ4v) is 4.08. The van der Waals surface area contributed by atoms with Crippen molar-refractivity contribution in [1.29, 1.82) is 0 Å². The minimum Gasteiger partial charge on any atom is -0.274 e. The molecule has 4 atom stereocenters. The summed E-state index contributed by atoms with van der Waals surface area (Å²) in [5, 5.41) is 0. The monoisotopic (exact) mass is 285 g/mol. The van der Waals surface area contributed by atoms with Gasteiger partial charge < -0.3 is 0 Å². The van der Waals surface area contributed by atoms with Gasteiger partial charge in [-0.1, -0.05) is 12.2 Å². The number of anilines is 1. The molecule has 2 bridgehead atoms. The molecule has 1 aliphatic heterocycles. The van der Waals surface area contributed by atoms with Gasteiger partial charge in [0.25, 0.3) is 0 Å². The predicted molar refractivity (Wildman–Crippen MR) is 78.5 cm³/mol. The minimum atomic E-state index is -0.137. The first-order chi connectivity index (χ1) is 9.66. The van der Waals surface area contributed by atoms with Crippen molar-refractivity contribution in [3.63, 3.8) is 0 Å². The second kappa shape index (κ2) is 4.22. The topological polar surface area (TPSA) is 37.4 Å². The zero-order valence-electron chi connectivity index (χ0n) is 10.9. The standard InChI is InChI=1S/C16H15NO2S/c18-15-13-9-1-2-10(4-3-9)14(13)16(19)17(15)11-5-7-12(20)8-6-11/h1-2,5-10,13-14,20H,3-4H2. The summed E-state index contributed by atoms with van der Waals surface area (Å²) >= 11 is 4.24. The third kappa shape index (κ3) is 1.54. The quantitative estimate of drug-likeness (QED) is 0.489. The van der Waals surface area contributed by atoms with Crippen LogP contribution in [0, 0.1) is 23.7 Å². The maximum absolute atomic E-state index is 12.7. The highest BCUT2D eigenvalue weighted by molar-refractivity contribution is 7.80. The lowest BCUT2D eigenvalue weighted by molar-refractivity contribution is -0.124. The van der Waals surface area contributed by atoms with Gasteiger partial charge >= 0.3 is 0 Å². The lowest BCUT2D eigenvalue weighted by Crippen LogP contribution is -2.38. The van der Waals surface area contributed by atoms with Gasteiger partial charge in [-0.05, 0) is 48.9 Å². The normalized spacial score (nSPS) is 34.8. The van der Waals surface area contributed by atoms with Gasteiger partial charge in [-0.25, -0.2) is 0 Å². The van der Waals surface area contributed by atoms with Gasteiger partial charge in [-0.3, -0.25) is 14.5 Å².